The minimum atomic E-state index is -1.00. The summed E-state index contributed by atoms with van der Waals surface area (Å²) in [5, 5.41) is 29.3. The van der Waals surface area contributed by atoms with Crippen molar-refractivity contribution >= 4 is 18.0 Å². The third kappa shape index (κ3) is 5.20. The van der Waals surface area contributed by atoms with Crippen LogP contribution in [0.25, 0.3) is 0 Å². The molecule has 1 amide bonds. The number of nitrogens with zero attached hydrogens (tertiary/aromatic N) is 3. The molecule has 2 rings (SSSR count). The lowest BCUT2D eigenvalue weighted by molar-refractivity contribution is -0.137. The van der Waals surface area contributed by atoms with Crippen molar-refractivity contribution in [2.24, 2.45) is 0 Å². The van der Waals surface area contributed by atoms with Gasteiger partial charge in [-0.25, -0.2) is 14.6 Å². The molecule has 0 spiro atoms. The number of nitrogens with one attached hydrogen (secondary N) is 1. The molecule has 1 aliphatic rings. The van der Waals surface area contributed by atoms with E-state index in [1.165, 1.54) is 0 Å². The summed E-state index contributed by atoms with van der Waals surface area (Å²) in [7, 11) is 0. The van der Waals surface area contributed by atoms with Gasteiger partial charge in [0.05, 0.1) is 19.3 Å². The van der Waals surface area contributed by atoms with E-state index in [9.17, 15) is 19.5 Å². The molecule has 0 aliphatic carbocycles. The molecule has 1 fully saturated rings. The summed E-state index contributed by atoms with van der Waals surface area (Å²) in [6, 6.07) is 0. The van der Waals surface area contributed by atoms with Gasteiger partial charge in [-0.2, -0.15) is 4.98 Å². The lowest BCUT2D eigenvalue weighted by atomic mass is 10.2. The zero-order valence-electron chi connectivity index (χ0n) is 13.1. The molecular weight excluding hydrogens is 340 g/mol. The molecule has 2 heterocycles. The summed E-state index contributed by atoms with van der Waals surface area (Å²) in [6.07, 6.45) is -2.26. The molecule has 12 nitrogen and oxygen atoms in total. The summed E-state index contributed by atoms with van der Waals surface area (Å²) in [5.41, 5.74) is -0.771. The number of carbonyl (C=O) groups is 2. The molecule has 0 bridgehead atoms. The van der Waals surface area contributed by atoms with Gasteiger partial charge in [0.2, 0.25) is 5.95 Å². The largest absolute Gasteiger partial charge is 0.481 e. The molecule has 1 aromatic heterocycles. The Morgan fingerprint density at radius 3 is 2.84 bits per heavy atom. The Morgan fingerprint density at radius 2 is 2.24 bits per heavy atom. The number of hydrogen-bond acceptors (Lipinski definition) is 9. The predicted octanol–water partition coefficient (Wildman–Crippen LogP) is -1.31. The number of carboxylic acids is 1. The van der Waals surface area contributed by atoms with Gasteiger partial charge >= 0.3 is 17.8 Å². The molecule has 1 saturated heterocycles. The van der Waals surface area contributed by atoms with E-state index in [2.05, 4.69) is 15.3 Å². The first-order chi connectivity index (χ1) is 11.9. The molecule has 0 saturated carbocycles. The van der Waals surface area contributed by atoms with Crippen molar-refractivity contribution in [1.29, 1.82) is 0 Å². The Bertz CT molecular complexity index is 678. The molecule has 1 aliphatic heterocycles. The van der Waals surface area contributed by atoms with Crippen LogP contribution in [0.3, 0.4) is 0 Å². The molecule has 0 radical (unpaired) electrons. The number of ether oxygens (including phenoxy) is 2. The van der Waals surface area contributed by atoms with Crippen LogP contribution in [0.2, 0.25) is 0 Å². The van der Waals surface area contributed by atoms with Crippen molar-refractivity contribution in [1.82, 2.24) is 14.5 Å². The zero-order valence-corrected chi connectivity index (χ0v) is 13.1. The van der Waals surface area contributed by atoms with E-state index in [1.54, 1.807) is 0 Å². The van der Waals surface area contributed by atoms with Crippen molar-refractivity contribution in [3.8, 4) is 0 Å². The lowest BCUT2D eigenvalue weighted by Crippen LogP contribution is -2.30. The minimum absolute atomic E-state index is 0.0902. The first-order valence-corrected chi connectivity index (χ1v) is 7.46. The average molecular weight is 358 g/mol. The Labute approximate surface area is 141 Å². The first kappa shape index (κ1) is 18.8. The Balaban J connectivity index is 1.90. The zero-order chi connectivity index (χ0) is 18.4. The van der Waals surface area contributed by atoms with Crippen LogP contribution in [0.4, 0.5) is 10.7 Å². The van der Waals surface area contributed by atoms with Crippen molar-refractivity contribution in [2.75, 3.05) is 18.5 Å². The number of rotatable bonds is 7. The second-order valence-corrected chi connectivity index (χ2v) is 5.24. The molecule has 1 aromatic rings. The third-order valence-corrected chi connectivity index (χ3v) is 3.40. The smallest absolute Gasteiger partial charge is 0.414 e. The molecule has 25 heavy (non-hydrogen) atoms. The van der Waals surface area contributed by atoms with Gasteiger partial charge in [0.25, 0.3) is 0 Å². The fourth-order valence-electron chi connectivity index (χ4n) is 2.17. The minimum Gasteiger partial charge on any atom is -0.481 e. The van der Waals surface area contributed by atoms with Crippen LogP contribution in [0.15, 0.2) is 11.1 Å². The summed E-state index contributed by atoms with van der Waals surface area (Å²) >= 11 is 0. The summed E-state index contributed by atoms with van der Waals surface area (Å²) in [5.74, 6) is -1.29. The predicted molar refractivity (Wildman–Crippen MR) is 79.8 cm³/mol. The number of aliphatic hydroxyl groups excluding tert-OH is 2. The highest BCUT2D eigenvalue weighted by atomic mass is 16.6. The van der Waals surface area contributed by atoms with Crippen LogP contribution >= 0.6 is 0 Å². The van der Waals surface area contributed by atoms with Gasteiger partial charge in [0, 0.05) is 12.8 Å². The van der Waals surface area contributed by atoms with E-state index in [4.69, 9.17) is 19.7 Å². The normalized spacial score (nSPS) is 22.6. The number of carbonyl (C=O) groups excluding carboxylic acids is 1. The van der Waals surface area contributed by atoms with E-state index < -0.39 is 36.2 Å². The Kier molecular flexibility index (Phi) is 6.38. The van der Waals surface area contributed by atoms with Gasteiger partial charge in [0.15, 0.2) is 0 Å². The number of aromatic nitrogens is 3. The molecule has 4 N–H and O–H groups in total. The maximum Gasteiger partial charge on any atom is 0.414 e. The van der Waals surface area contributed by atoms with E-state index in [1.807, 2.05) is 0 Å². The van der Waals surface area contributed by atoms with Crippen molar-refractivity contribution < 1.29 is 34.4 Å². The van der Waals surface area contributed by atoms with Crippen molar-refractivity contribution in [2.45, 2.75) is 37.7 Å². The van der Waals surface area contributed by atoms with Gasteiger partial charge in [-0.15, -0.1) is 0 Å². The number of anilines is 1. The van der Waals surface area contributed by atoms with Crippen LogP contribution in [0.1, 0.15) is 25.5 Å². The number of amides is 1. The Morgan fingerprint density at radius 1 is 1.48 bits per heavy atom. The van der Waals surface area contributed by atoms with Crippen LogP contribution in [0, 0.1) is 0 Å². The highest BCUT2D eigenvalue weighted by molar-refractivity contribution is 5.82. The molecule has 12 heteroatoms. The third-order valence-electron chi connectivity index (χ3n) is 3.40. The summed E-state index contributed by atoms with van der Waals surface area (Å²) < 4.78 is 11.1. The molecular formula is C13H18N4O8. The van der Waals surface area contributed by atoms with E-state index in [-0.39, 0.29) is 38.4 Å². The maximum atomic E-state index is 12.0. The first-order valence-electron chi connectivity index (χ1n) is 7.46. The Hall–Kier alpha value is -2.57. The van der Waals surface area contributed by atoms with Crippen LogP contribution in [0.5, 0.6) is 0 Å². The highest BCUT2D eigenvalue weighted by Gasteiger charge is 2.35. The summed E-state index contributed by atoms with van der Waals surface area (Å²) in [6.45, 7) is -0.494. The van der Waals surface area contributed by atoms with E-state index in [0.29, 0.717) is 0 Å². The fraction of sp³-hybridized carbons (Fsp3) is 0.615. The van der Waals surface area contributed by atoms with Gasteiger partial charge < -0.3 is 24.8 Å². The van der Waals surface area contributed by atoms with Crippen LogP contribution < -0.4 is 11.0 Å². The monoisotopic (exact) mass is 358 g/mol. The number of aliphatic hydroxyl groups is 2. The standard InChI is InChI=1S/C13H18N4O8/c18-5-8-7(19)4-9(25-8)17-6-14-11(15-12(17)22)16-13(23)24-3-1-2-10(20)21/h6-9,18-19H,1-5H2,(H,20,21)(H,15,16,22,23)/t7-,8+,9+/m0/s1. The quantitative estimate of drug-likeness (QED) is 0.429. The van der Waals surface area contributed by atoms with Gasteiger partial charge in [-0.3, -0.25) is 14.7 Å². The van der Waals surface area contributed by atoms with Crippen LogP contribution in [-0.4, -0.2) is 67.3 Å². The topological polar surface area (TPSA) is 173 Å². The van der Waals surface area contributed by atoms with E-state index >= 15 is 0 Å². The number of hydrogen-bond donors (Lipinski definition) is 4. The maximum absolute atomic E-state index is 12.0. The van der Waals surface area contributed by atoms with Gasteiger partial charge in [-0.1, -0.05) is 0 Å². The second-order valence-electron chi connectivity index (χ2n) is 5.24. The molecule has 138 valence electrons. The van der Waals surface area contributed by atoms with Crippen molar-refractivity contribution in [3.63, 3.8) is 0 Å². The fourth-order valence-corrected chi connectivity index (χ4v) is 2.17. The molecule has 0 aromatic carbocycles. The number of carboxylic acid groups (broad SMARTS) is 1. The SMILES string of the molecule is O=C(O)CCCOC(=O)Nc1ncn([C@H]2C[C@H](O)[C@@H](CO)O2)c(=O)n1. The lowest BCUT2D eigenvalue weighted by Gasteiger charge is -2.14. The van der Waals surface area contributed by atoms with Gasteiger partial charge in [0.1, 0.15) is 18.7 Å². The second kappa shape index (κ2) is 8.50. The average Bonchev–Trinajstić information content (AvgIpc) is 2.92. The van der Waals surface area contributed by atoms with Gasteiger partial charge in [-0.05, 0) is 6.42 Å². The molecule has 0 unspecified atom stereocenters. The van der Waals surface area contributed by atoms with Crippen molar-refractivity contribution in [3.05, 3.63) is 16.8 Å². The summed E-state index contributed by atoms with van der Waals surface area (Å²) in [4.78, 5) is 41.1. The van der Waals surface area contributed by atoms with Crippen LogP contribution in [-0.2, 0) is 14.3 Å². The molecule has 3 atom stereocenters. The number of aliphatic carboxylic acids is 1. The van der Waals surface area contributed by atoms with E-state index in [0.717, 1.165) is 10.9 Å². The highest BCUT2D eigenvalue weighted by Crippen LogP contribution is 2.26.